The summed E-state index contributed by atoms with van der Waals surface area (Å²) in [4.78, 5) is 13.9. The molecule has 0 aliphatic rings. The Morgan fingerprint density at radius 1 is 1.26 bits per heavy atom. The van der Waals surface area contributed by atoms with Crippen LogP contribution in [0.15, 0.2) is 12.1 Å². The van der Waals surface area contributed by atoms with Gasteiger partial charge in [-0.15, -0.1) is 0 Å². The van der Waals surface area contributed by atoms with Crippen LogP contribution in [0.2, 0.25) is 0 Å². The van der Waals surface area contributed by atoms with Crippen LogP contribution in [-0.2, 0) is 0 Å². The molecule has 1 amide bonds. The van der Waals surface area contributed by atoms with E-state index in [0.717, 1.165) is 5.56 Å². The predicted molar refractivity (Wildman–Crippen MR) is 72.9 cm³/mol. The minimum absolute atomic E-state index is 0.0558. The first kappa shape index (κ1) is 15.3. The number of hydrogen-bond acceptors (Lipinski definition) is 4. The van der Waals surface area contributed by atoms with Gasteiger partial charge in [-0.3, -0.25) is 4.79 Å². The van der Waals surface area contributed by atoms with Gasteiger partial charge in [-0.25, -0.2) is 0 Å². The molecule has 5 nitrogen and oxygen atoms in total. The molecule has 1 aromatic rings. The molecule has 0 aromatic heterocycles. The van der Waals surface area contributed by atoms with Gasteiger partial charge >= 0.3 is 0 Å². The number of carbonyl (C=O) groups excluding carboxylic acids is 1. The lowest BCUT2D eigenvalue weighted by atomic mass is 10.1. The highest BCUT2D eigenvalue weighted by atomic mass is 16.5. The van der Waals surface area contributed by atoms with Gasteiger partial charge in [0.25, 0.3) is 5.91 Å². The van der Waals surface area contributed by atoms with Gasteiger partial charge in [0.05, 0.1) is 20.8 Å². The number of aliphatic hydroxyl groups excluding tert-OH is 1. The second-order valence-electron chi connectivity index (χ2n) is 4.11. The summed E-state index contributed by atoms with van der Waals surface area (Å²) in [7, 11) is 3.11. The monoisotopic (exact) mass is 267 g/mol. The van der Waals surface area contributed by atoms with Crippen molar-refractivity contribution in [3.05, 3.63) is 23.3 Å². The summed E-state index contributed by atoms with van der Waals surface area (Å²) in [6.45, 7) is 4.54. The van der Waals surface area contributed by atoms with E-state index in [1.807, 2.05) is 13.8 Å². The van der Waals surface area contributed by atoms with E-state index >= 15 is 0 Å². The van der Waals surface area contributed by atoms with E-state index in [0.29, 0.717) is 30.2 Å². The molecule has 0 spiro atoms. The van der Waals surface area contributed by atoms with Crippen molar-refractivity contribution < 1.29 is 19.4 Å². The molecular formula is C14H21NO4. The summed E-state index contributed by atoms with van der Waals surface area (Å²) in [5.41, 5.74) is 1.35. The smallest absolute Gasteiger partial charge is 0.254 e. The summed E-state index contributed by atoms with van der Waals surface area (Å²) in [6.07, 6.45) is 0. The zero-order valence-corrected chi connectivity index (χ0v) is 11.9. The third-order valence-corrected chi connectivity index (χ3v) is 3.04. The zero-order valence-electron chi connectivity index (χ0n) is 11.9. The number of amides is 1. The summed E-state index contributed by atoms with van der Waals surface area (Å²) in [5, 5.41) is 8.97. The van der Waals surface area contributed by atoms with Crippen LogP contribution in [0.4, 0.5) is 0 Å². The van der Waals surface area contributed by atoms with Crippen LogP contribution in [0.25, 0.3) is 0 Å². The van der Waals surface area contributed by atoms with E-state index in [4.69, 9.17) is 14.6 Å². The van der Waals surface area contributed by atoms with Crippen molar-refractivity contribution >= 4 is 5.91 Å². The zero-order chi connectivity index (χ0) is 14.4. The van der Waals surface area contributed by atoms with Gasteiger partial charge in [0.15, 0.2) is 0 Å². The van der Waals surface area contributed by atoms with E-state index in [1.165, 1.54) is 0 Å². The lowest BCUT2D eigenvalue weighted by Crippen LogP contribution is -2.33. The van der Waals surface area contributed by atoms with Crippen LogP contribution in [-0.4, -0.2) is 49.8 Å². The van der Waals surface area contributed by atoms with E-state index in [1.54, 1.807) is 31.3 Å². The number of ether oxygens (including phenoxy) is 2. The van der Waals surface area contributed by atoms with Gasteiger partial charge in [0.2, 0.25) is 0 Å². The first-order valence-corrected chi connectivity index (χ1v) is 6.21. The standard InChI is InChI=1S/C14H21NO4/c1-5-15(6-7-16)14(17)11-8-12(18-3)10(2)13(9-11)19-4/h8-9,16H,5-7H2,1-4H3. The van der Waals surface area contributed by atoms with Gasteiger partial charge in [-0.1, -0.05) is 0 Å². The van der Waals surface area contributed by atoms with Gasteiger partial charge < -0.3 is 19.5 Å². The minimum Gasteiger partial charge on any atom is -0.496 e. The molecule has 5 heteroatoms. The number of aliphatic hydroxyl groups is 1. The van der Waals surface area contributed by atoms with E-state index in [9.17, 15) is 4.79 Å². The fourth-order valence-corrected chi connectivity index (χ4v) is 1.92. The SMILES string of the molecule is CCN(CCO)C(=O)c1cc(OC)c(C)c(OC)c1. The van der Waals surface area contributed by atoms with Gasteiger partial charge in [-0.05, 0) is 26.0 Å². The van der Waals surface area contributed by atoms with Crippen LogP contribution in [0, 0.1) is 6.92 Å². The van der Waals surface area contributed by atoms with Crippen LogP contribution in [0.1, 0.15) is 22.8 Å². The van der Waals surface area contributed by atoms with Crippen molar-refractivity contribution in [1.29, 1.82) is 0 Å². The second-order valence-corrected chi connectivity index (χ2v) is 4.11. The van der Waals surface area contributed by atoms with E-state index in [-0.39, 0.29) is 12.5 Å². The molecule has 0 atom stereocenters. The Morgan fingerprint density at radius 3 is 2.16 bits per heavy atom. The Bertz CT molecular complexity index is 420. The first-order chi connectivity index (χ1) is 9.08. The van der Waals surface area contributed by atoms with Crippen molar-refractivity contribution in [2.24, 2.45) is 0 Å². The number of hydrogen-bond donors (Lipinski definition) is 1. The average Bonchev–Trinajstić information content (AvgIpc) is 2.44. The molecule has 0 aliphatic heterocycles. The molecule has 0 saturated heterocycles. The van der Waals surface area contributed by atoms with Crippen molar-refractivity contribution in [2.75, 3.05) is 33.9 Å². The van der Waals surface area contributed by atoms with E-state index in [2.05, 4.69) is 0 Å². The number of nitrogens with zero attached hydrogens (tertiary/aromatic N) is 1. The van der Waals surface area contributed by atoms with Crippen molar-refractivity contribution in [2.45, 2.75) is 13.8 Å². The Balaban J connectivity index is 3.15. The number of rotatable bonds is 6. The van der Waals surface area contributed by atoms with Gasteiger partial charge in [0.1, 0.15) is 11.5 Å². The Labute approximate surface area is 113 Å². The molecule has 106 valence electrons. The largest absolute Gasteiger partial charge is 0.496 e. The molecule has 0 unspecified atom stereocenters. The number of methoxy groups -OCH3 is 2. The lowest BCUT2D eigenvalue weighted by molar-refractivity contribution is 0.0731. The number of carbonyl (C=O) groups is 1. The molecule has 1 aromatic carbocycles. The molecule has 1 rings (SSSR count). The number of likely N-dealkylation sites (N-methyl/N-ethyl adjacent to an activating group) is 1. The minimum atomic E-state index is -0.145. The van der Waals surface area contributed by atoms with Crippen molar-refractivity contribution in [3.63, 3.8) is 0 Å². The average molecular weight is 267 g/mol. The molecule has 0 aliphatic carbocycles. The maximum Gasteiger partial charge on any atom is 0.254 e. The van der Waals surface area contributed by atoms with Crippen molar-refractivity contribution in [3.8, 4) is 11.5 Å². The van der Waals surface area contributed by atoms with Crippen LogP contribution in [0.3, 0.4) is 0 Å². The Morgan fingerprint density at radius 2 is 1.79 bits per heavy atom. The fraction of sp³-hybridized carbons (Fsp3) is 0.500. The van der Waals surface area contributed by atoms with Gasteiger partial charge in [0, 0.05) is 24.2 Å². The maximum absolute atomic E-state index is 12.3. The Hall–Kier alpha value is -1.75. The third kappa shape index (κ3) is 3.38. The maximum atomic E-state index is 12.3. The molecule has 0 fully saturated rings. The third-order valence-electron chi connectivity index (χ3n) is 3.04. The molecule has 1 N–H and O–H groups in total. The fourth-order valence-electron chi connectivity index (χ4n) is 1.92. The van der Waals surface area contributed by atoms with Crippen LogP contribution < -0.4 is 9.47 Å². The summed E-state index contributed by atoms with van der Waals surface area (Å²) in [5.74, 6) is 1.08. The molecule has 0 radical (unpaired) electrons. The highest BCUT2D eigenvalue weighted by Crippen LogP contribution is 2.29. The molecule has 19 heavy (non-hydrogen) atoms. The lowest BCUT2D eigenvalue weighted by Gasteiger charge is -2.21. The molecule has 0 bridgehead atoms. The van der Waals surface area contributed by atoms with Gasteiger partial charge in [-0.2, -0.15) is 0 Å². The summed E-state index contributed by atoms with van der Waals surface area (Å²) < 4.78 is 10.5. The van der Waals surface area contributed by atoms with E-state index < -0.39 is 0 Å². The Kier molecular flexibility index (Phi) is 5.63. The molecule has 0 saturated carbocycles. The first-order valence-electron chi connectivity index (χ1n) is 6.21. The predicted octanol–water partition coefficient (Wildman–Crippen LogP) is 1.47. The molecule has 0 heterocycles. The summed E-state index contributed by atoms with van der Waals surface area (Å²) in [6, 6.07) is 3.39. The van der Waals surface area contributed by atoms with Crippen LogP contribution >= 0.6 is 0 Å². The normalized spacial score (nSPS) is 10.2. The highest BCUT2D eigenvalue weighted by molar-refractivity contribution is 5.95. The highest BCUT2D eigenvalue weighted by Gasteiger charge is 2.17. The number of benzene rings is 1. The molecular weight excluding hydrogens is 246 g/mol. The van der Waals surface area contributed by atoms with Crippen molar-refractivity contribution in [1.82, 2.24) is 4.90 Å². The quantitative estimate of drug-likeness (QED) is 0.848. The summed E-state index contributed by atoms with van der Waals surface area (Å²) >= 11 is 0. The second kappa shape index (κ2) is 6.99. The topological polar surface area (TPSA) is 59.0 Å². The van der Waals surface area contributed by atoms with Crippen LogP contribution in [0.5, 0.6) is 11.5 Å².